The minimum Gasteiger partial charge on any atom is -0.298 e. The van der Waals surface area contributed by atoms with Gasteiger partial charge in [-0.05, 0) is 58.4 Å². The van der Waals surface area contributed by atoms with E-state index in [1.54, 1.807) is 0 Å². The van der Waals surface area contributed by atoms with Gasteiger partial charge in [0.2, 0.25) is 0 Å². The van der Waals surface area contributed by atoms with Gasteiger partial charge in [0.1, 0.15) is 0 Å². The molecule has 2 fully saturated rings. The van der Waals surface area contributed by atoms with E-state index >= 15 is 0 Å². The van der Waals surface area contributed by atoms with Crippen molar-refractivity contribution in [3.8, 4) is 0 Å². The van der Waals surface area contributed by atoms with Gasteiger partial charge in [-0.3, -0.25) is 4.90 Å². The Kier molecular flexibility index (Phi) is 1.95. The van der Waals surface area contributed by atoms with Crippen molar-refractivity contribution in [1.29, 1.82) is 0 Å². The van der Waals surface area contributed by atoms with Crippen LogP contribution in [0.2, 0.25) is 0 Å². The molecule has 1 spiro atoms. The first-order chi connectivity index (χ1) is 5.63. The molecule has 1 aliphatic carbocycles. The van der Waals surface area contributed by atoms with Crippen LogP contribution in [0.15, 0.2) is 0 Å². The fourth-order valence-electron chi connectivity index (χ4n) is 2.83. The summed E-state index contributed by atoms with van der Waals surface area (Å²) in [6.07, 6.45) is 5.97. The summed E-state index contributed by atoms with van der Waals surface area (Å²) in [7, 11) is 0. The van der Waals surface area contributed by atoms with Gasteiger partial charge in [0.25, 0.3) is 0 Å². The summed E-state index contributed by atoms with van der Waals surface area (Å²) in [5.74, 6) is 0. The monoisotopic (exact) mass is 167 g/mol. The van der Waals surface area contributed by atoms with Crippen LogP contribution in [0, 0.1) is 5.41 Å². The number of hydrogen-bond donors (Lipinski definition) is 0. The topological polar surface area (TPSA) is 3.24 Å². The van der Waals surface area contributed by atoms with E-state index in [1.165, 1.54) is 32.2 Å². The molecule has 0 aromatic rings. The van der Waals surface area contributed by atoms with Gasteiger partial charge in [0.05, 0.1) is 0 Å². The normalized spacial score (nSPS) is 34.5. The van der Waals surface area contributed by atoms with E-state index in [0.29, 0.717) is 0 Å². The molecule has 1 saturated carbocycles. The summed E-state index contributed by atoms with van der Waals surface area (Å²) in [5.41, 5.74) is 0.824. The van der Waals surface area contributed by atoms with Crippen LogP contribution in [0.4, 0.5) is 0 Å². The molecule has 2 rings (SSSR count). The lowest BCUT2D eigenvalue weighted by molar-refractivity contribution is 0.0833. The Balaban J connectivity index is 1.95. The van der Waals surface area contributed by atoms with Crippen LogP contribution in [0.1, 0.15) is 46.5 Å². The molecule has 0 amide bonds. The highest BCUT2D eigenvalue weighted by Gasteiger charge is 2.46. The Labute approximate surface area is 76.1 Å². The van der Waals surface area contributed by atoms with Gasteiger partial charge in [0.15, 0.2) is 0 Å². The van der Waals surface area contributed by atoms with E-state index in [-0.39, 0.29) is 0 Å². The lowest BCUT2D eigenvalue weighted by atomic mass is 9.88. The second-order valence-electron chi connectivity index (χ2n) is 5.13. The number of nitrogens with zero attached hydrogens (tertiary/aromatic N) is 1. The van der Waals surface area contributed by atoms with E-state index in [2.05, 4.69) is 25.7 Å². The zero-order valence-corrected chi connectivity index (χ0v) is 8.64. The van der Waals surface area contributed by atoms with Crippen molar-refractivity contribution < 1.29 is 0 Å². The average molecular weight is 167 g/mol. The van der Waals surface area contributed by atoms with Gasteiger partial charge in [-0.1, -0.05) is 0 Å². The molecule has 1 heteroatoms. The molecule has 70 valence electrons. The van der Waals surface area contributed by atoms with Crippen LogP contribution in [-0.2, 0) is 0 Å². The smallest absolute Gasteiger partial charge is 0.00749 e. The standard InChI is InChI=1S/C11H21N/c1-9(2)12-7-6-11(4-5-11)8-10(12)3/h9-10H,4-8H2,1-3H3/t10-/m0/s1. The molecule has 2 aliphatic rings. The molecule has 1 saturated heterocycles. The molecule has 12 heavy (non-hydrogen) atoms. The molecular formula is C11H21N. The fourth-order valence-corrected chi connectivity index (χ4v) is 2.83. The molecule has 1 nitrogen and oxygen atoms in total. The van der Waals surface area contributed by atoms with Crippen molar-refractivity contribution in [1.82, 2.24) is 4.90 Å². The first-order valence-corrected chi connectivity index (χ1v) is 5.39. The van der Waals surface area contributed by atoms with Crippen LogP contribution in [0.25, 0.3) is 0 Å². The average Bonchev–Trinajstić information content (AvgIpc) is 2.68. The van der Waals surface area contributed by atoms with Crippen LogP contribution in [0.3, 0.4) is 0 Å². The van der Waals surface area contributed by atoms with E-state index < -0.39 is 0 Å². The molecule has 0 radical (unpaired) electrons. The Morgan fingerprint density at radius 1 is 1.25 bits per heavy atom. The summed E-state index contributed by atoms with van der Waals surface area (Å²) in [5, 5.41) is 0. The zero-order valence-electron chi connectivity index (χ0n) is 8.64. The van der Waals surface area contributed by atoms with E-state index in [0.717, 1.165) is 17.5 Å². The Morgan fingerprint density at radius 2 is 1.92 bits per heavy atom. The Bertz CT molecular complexity index is 170. The van der Waals surface area contributed by atoms with Crippen LogP contribution in [0.5, 0.6) is 0 Å². The minimum absolute atomic E-state index is 0.746. The highest BCUT2D eigenvalue weighted by molar-refractivity contribution is 4.99. The maximum absolute atomic E-state index is 2.66. The van der Waals surface area contributed by atoms with E-state index in [1.807, 2.05) is 0 Å². The number of piperidine rings is 1. The number of rotatable bonds is 1. The van der Waals surface area contributed by atoms with Gasteiger partial charge < -0.3 is 0 Å². The van der Waals surface area contributed by atoms with Crippen molar-refractivity contribution in [2.45, 2.75) is 58.5 Å². The molecule has 1 aliphatic heterocycles. The lowest BCUT2D eigenvalue weighted by Gasteiger charge is -2.40. The quantitative estimate of drug-likeness (QED) is 0.580. The molecule has 0 bridgehead atoms. The number of likely N-dealkylation sites (tertiary alicyclic amines) is 1. The predicted molar refractivity (Wildman–Crippen MR) is 52.2 cm³/mol. The first kappa shape index (κ1) is 8.55. The molecule has 0 unspecified atom stereocenters. The van der Waals surface area contributed by atoms with E-state index in [9.17, 15) is 0 Å². The third-order valence-corrected chi connectivity index (χ3v) is 3.82. The minimum atomic E-state index is 0.746. The van der Waals surface area contributed by atoms with E-state index in [4.69, 9.17) is 0 Å². The summed E-state index contributed by atoms with van der Waals surface area (Å²) >= 11 is 0. The van der Waals surface area contributed by atoms with Gasteiger partial charge >= 0.3 is 0 Å². The summed E-state index contributed by atoms with van der Waals surface area (Å²) in [4.78, 5) is 2.66. The third kappa shape index (κ3) is 1.39. The summed E-state index contributed by atoms with van der Waals surface area (Å²) in [6, 6.07) is 1.58. The van der Waals surface area contributed by atoms with Crippen LogP contribution >= 0.6 is 0 Å². The second-order valence-corrected chi connectivity index (χ2v) is 5.13. The summed E-state index contributed by atoms with van der Waals surface area (Å²) < 4.78 is 0. The molecule has 1 heterocycles. The Morgan fingerprint density at radius 3 is 2.33 bits per heavy atom. The highest BCUT2D eigenvalue weighted by atomic mass is 15.2. The van der Waals surface area contributed by atoms with Gasteiger partial charge in [0, 0.05) is 12.1 Å². The van der Waals surface area contributed by atoms with Gasteiger partial charge in [-0.15, -0.1) is 0 Å². The van der Waals surface area contributed by atoms with Crippen molar-refractivity contribution in [2.24, 2.45) is 5.41 Å². The van der Waals surface area contributed by atoms with Crippen molar-refractivity contribution in [3.05, 3.63) is 0 Å². The van der Waals surface area contributed by atoms with Crippen molar-refractivity contribution in [2.75, 3.05) is 6.54 Å². The maximum Gasteiger partial charge on any atom is 0.00749 e. The van der Waals surface area contributed by atoms with Crippen molar-refractivity contribution in [3.63, 3.8) is 0 Å². The van der Waals surface area contributed by atoms with Crippen LogP contribution in [-0.4, -0.2) is 23.5 Å². The van der Waals surface area contributed by atoms with Gasteiger partial charge in [-0.25, -0.2) is 0 Å². The highest BCUT2D eigenvalue weighted by Crippen LogP contribution is 2.55. The molecule has 0 N–H and O–H groups in total. The zero-order chi connectivity index (χ0) is 8.77. The SMILES string of the molecule is CC(C)N1CCC2(CC2)C[C@@H]1C. The second kappa shape index (κ2) is 2.73. The first-order valence-electron chi connectivity index (χ1n) is 5.39. The molecule has 0 aromatic carbocycles. The van der Waals surface area contributed by atoms with Crippen molar-refractivity contribution >= 4 is 0 Å². The third-order valence-electron chi connectivity index (χ3n) is 3.82. The number of hydrogen-bond acceptors (Lipinski definition) is 1. The maximum atomic E-state index is 2.66. The Hall–Kier alpha value is -0.0400. The predicted octanol–water partition coefficient (Wildman–Crippen LogP) is 2.66. The van der Waals surface area contributed by atoms with Crippen LogP contribution < -0.4 is 0 Å². The summed E-state index contributed by atoms with van der Waals surface area (Å²) in [6.45, 7) is 8.39. The molecule has 0 aromatic heterocycles. The fraction of sp³-hybridized carbons (Fsp3) is 1.00. The molecular weight excluding hydrogens is 146 g/mol. The lowest BCUT2D eigenvalue weighted by Crippen LogP contribution is -2.45. The van der Waals surface area contributed by atoms with Gasteiger partial charge in [-0.2, -0.15) is 0 Å². The largest absolute Gasteiger partial charge is 0.298 e. The molecule has 1 atom stereocenters.